The average Bonchev–Trinajstić information content (AvgIpc) is 2.90. The van der Waals surface area contributed by atoms with Gasteiger partial charge in [-0.1, -0.05) is 30.4 Å². The first-order chi connectivity index (χ1) is 9.56. The predicted octanol–water partition coefficient (Wildman–Crippen LogP) is 2.38. The molecule has 1 amide bonds. The largest absolute Gasteiger partial charge is 0.389 e. The van der Waals surface area contributed by atoms with Crippen molar-refractivity contribution in [3.05, 3.63) is 57.5 Å². The maximum atomic E-state index is 13.8. The number of halogens is 1. The Morgan fingerprint density at radius 1 is 1.40 bits per heavy atom. The van der Waals surface area contributed by atoms with Crippen LogP contribution in [-0.4, -0.2) is 10.9 Å². The summed E-state index contributed by atoms with van der Waals surface area (Å²) in [5.41, 5.74) is 6.31. The molecule has 0 aliphatic carbocycles. The summed E-state index contributed by atoms with van der Waals surface area (Å²) in [5, 5.41) is 4.60. The normalized spacial score (nSPS) is 10.2. The number of hydrogen-bond donors (Lipinski definition) is 2. The molecule has 0 atom stereocenters. The third-order valence-corrected chi connectivity index (χ3v) is 3.84. The number of rotatable bonds is 5. The van der Waals surface area contributed by atoms with Gasteiger partial charge in [0.1, 0.15) is 10.8 Å². The molecule has 3 nitrogen and oxygen atoms in total. The zero-order valence-corrected chi connectivity index (χ0v) is 12.2. The first-order valence-corrected chi connectivity index (χ1v) is 7.22. The molecule has 0 saturated carbocycles. The summed E-state index contributed by atoms with van der Waals surface area (Å²) in [7, 11) is 0. The fourth-order valence-electron chi connectivity index (χ4n) is 1.67. The quantitative estimate of drug-likeness (QED) is 0.834. The van der Waals surface area contributed by atoms with Gasteiger partial charge in [0.05, 0.1) is 6.42 Å². The van der Waals surface area contributed by atoms with Crippen molar-refractivity contribution in [2.45, 2.75) is 13.0 Å². The van der Waals surface area contributed by atoms with Crippen LogP contribution in [-0.2, 0) is 17.8 Å². The van der Waals surface area contributed by atoms with E-state index in [-0.39, 0.29) is 17.4 Å². The number of hydrogen-bond acceptors (Lipinski definition) is 3. The molecule has 0 spiro atoms. The van der Waals surface area contributed by atoms with E-state index in [1.165, 1.54) is 17.4 Å². The van der Waals surface area contributed by atoms with Crippen molar-refractivity contribution < 1.29 is 9.18 Å². The molecule has 6 heteroatoms. The van der Waals surface area contributed by atoms with Crippen LogP contribution in [0.15, 0.2) is 35.7 Å². The van der Waals surface area contributed by atoms with Gasteiger partial charge < -0.3 is 11.1 Å². The first kappa shape index (κ1) is 14.6. The second-order valence-electron chi connectivity index (χ2n) is 4.20. The molecular formula is C14H13FN2OS2. The van der Waals surface area contributed by atoms with Gasteiger partial charge in [0.2, 0.25) is 5.91 Å². The minimum atomic E-state index is -0.424. The van der Waals surface area contributed by atoms with Crippen molar-refractivity contribution in [1.82, 2.24) is 5.32 Å². The third-order valence-electron chi connectivity index (χ3n) is 2.73. The van der Waals surface area contributed by atoms with Gasteiger partial charge in [-0.15, -0.1) is 11.3 Å². The smallest absolute Gasteiger partial charge is 0.225 e. The number of thiophene rings is 1. The number of carbonyl (C=O) groups excluding carboxylic acids is 1. The van der Waals surface area contributed by atoms with E-state index in [1.54, 1.807) is 12.1 Å². The summed E-state index contributed by atoms with van der Waals surface area (Å²) in [6, 6.07) is 8.29. The Bertz CT molecular complexity index is 626. The van der Waals surface area contributed by atoms with E-state index in [4.69, 9.17) is 18.0 Å². The van der Waals surface area contributed by atoms with Crippen molar-refractivity contribution in [3.63, 3.8) is 0 Å². The van der Waals surface area contributed by atoms with Crippen LogP contribution in [0.5, 0.6) is 0 Å². The molecule has 0 fully saturated rings. The van der Waals surface area contributed by atoms with Gasteiger partial charge in [-0.2, -0.15) is 0 Å². The second kappa shape index (κ2) is 6.58. The molecular weight excluding hydrogens is 295 g/mol. The number of nitrogens with one attached hydrogen (secondary N) is 1. The summed E-state index contributed by atoms with van der Waals surface area (Å²) >= 11 is 6.30. The number of thiocarbonyl (C=S) groups is 1. The van der Waals surface area contributed by atoms with Crippen molar-refractivity contribution >= 4 is 34.5 Å². The molecule has 0 radical (unpaired) electrons. The lowest BCUT2D eigenvalue weighted by atomic mass is 10.1. The van der Waals surface area contributed by atoms with Gasteiger partial charge in [-0.05, 0) is 17.5 Å². The van der Waals surface area contributed by atoms with Crippen molar-refractivity contribution in [1.29, 1.82) is 0 Å². The predicted molar refractivity (Wildman–Crippen MR) is 82.2 cm³/mol. The minimum absolute atomic E-state index is 0.134. The Kier molecular flexibility index (Phi) is 4.81. The van der Waals surface area contributed by atoms with Crippen LogP contribution in [0.3, 0.4) is 0 Å². The van der Waals surface area contributed by atoms with E-state index in [0.29, 0.717) is 17.5 Å². The zero-order chi connectivity index (χ0) is 14.5. The lowest BCUT2D eigenvalue weighted by molar-refractivity contribution is -0.120. The highest BCUT2D eigenvalue weighted by Crippen LogP contribution is 2.11. The summed E-state index contributed by atoms with van der Waals surface area (Å²) in [6.45, 7) is 0.146. The Morgan fingerprint density at radius 3 is 2.80 bits per heavy atom. The second-order valence-corrected chi connectivity index (χ2v) is 5.68. The highest BCUT2D eigenvalue weighted by molar-refractivity contribution is 7.80. The summed E-state index contributed by atoms with van der Waals surface area (Å²) in [6.07, 6.45) is 0.310. The van der Waals surface area contributed by atoms with Gasteiger partial charge in [0.15, 0.2) is 0 Å². The fourth-order valence-corrected chi connectivity index (χ4v) is 2.50. The number of carbonyl (C=O) groups is 1. The molecule has 2 rings (SSSR count). The van der Waals surface area contributed by atoms with Crippen LogP contribution >= 0.6 is 23.6 Å². The van der Waals surface area contributed by atoms with E-state index < -0.39 is 5.82 Å². The Labute approximate surface area is 125 Å². The molecule has 0 saturated heterocycles. The van der Waals surface area contributed by atoms with Crippen LogP contribution < -0.4 is 11.1 Å². The standard InChI is InChI=1S/C14H13FN2OS2/c15-12-6-9(14(16)19)3-4-10(12)8-17-13(18)7-11-2-1-5-20-11/h1-6H,7-8H2,(H2,16,19)(H,17,18). The van der Waals surface area contributed by atoms with Gasteiger partial charge in [-0.25, -0.2) is 4.39 Å². The van der Waals surface area contributed by atoms with Gasteiger partial charge in [0.25, 0.3) is 0 Å². The molecule has 2 aromatic rings. The van der Waals surface area contributed by atoms with E-state index in [2.05, 4.69) is 5.32 Å². The number of nitrogens with two attached hydrogens (primary N) is 1. The van der Waals surface area contributed by atoms with Crippen LogP contribution in [0.4, 0.5) is 4.39 Å². The Morgan fingerprint density at radius 2 is 2.20 bits per heavy atom. The van der Waals surface area contributed by atoms with Crippen LogP contribution in [0.1, 0.15) is 16.0 Å². The van der Waals surface area contributed by atoms with Crippen molar-refractivity contribution in [2.24, 2.45) is 5.73 Å². The molecule has 0 bridgehead atoms. The number of benzene rings is 1. The fraction of sp³-hybridized carbons (Fsp3) is 0.143. The van der Waals surface area contributed by atoms with Crippen LogP contribution in [0.25, 0.3) is 0 Å². The average molecular weight is 308 g/mol. The first-order valence-electron chi connectivity index (χ1n) is 5.93. The Balaban J connectivity index is 1.93. The molecule has 104 valence electrons. The summed E-state index contributed by atoms with van der Waals surface area (Å²) in [5.74, 6) is -0.558. The molecule has 3 N–H and O–H groups in total. The van der Waals surface area contributed by atoms with Gasteiger partial charge >= 0.3 is 0 Å². The zero-order valence-electron chi connectivity index (χ0n) is 10.6. The van der Waals surface area contributed by atoms with E-state index >= 15 is 0 Å². The Hall–Kier alpha value is -1.79. The monoisotopic (exact) mass is 308 g/mol. The highest BCUT2D eigenvalue weighted by Gasteiger charge is 2.08. The maximum Gasteiger partial charge on any atom is 0.225 e. The van der Waals surface area contributed by atoms with E-state index in [1.807, 2.05) is 17.5 Å². The molecule has 0 unspecified atom stereocenters. The maximum absolute atomic E-state index is 13.8. The van der Waals surface area contributed by atoms with Crippen LogP contribution in [0.2, 0.25) is 0 Å². The van der Waals surface area contributed by atoms with E-state index in [9.17, 15) is 9.18 Å². The minimum Gasteiger partial charge on any atom is -0.389 e. The topological polar surface area (TPSA) is 55.1 Å². The highest BCUT2D eigenvalue weighted by atomic mass is 32.1. The molecule has 1 aromatic heterocycles. The molecule has 0 aliphatic rings. The SMILES string of the molecule is NC(=S)c1ccc(CNC(=O)Cc2cccs2)c(F)c1. The van der Waals surface area contributed by atoms with Crippen LogP contribution in [0, 0.1) is 5.82 Å². The molecule has 0 aliphatic heterocycles. The summed E-state index contributed by atoms with van der Waals surface area (Å²) in [4.78, 5) is 12.8. The van der Waals surface area contributed by atoms with Crippen molar-refractivity contribution in [3.8, 4) is 0 Å². The van der Waals surface area contributed by atoms with Crippen molar-refractivity contribution in [2.75, 3.05) is 0 Å². The number of amides is 1. The third kappa shape index (κ3) is 3.85. The van der Waals surface area contributed by atoms with Gasteiger partial charge in [-0.3, -0.25) is 4.79 Å². The van der Waals surface area contributed by atoms with Gasteiger partial charge in [0, 0.05) is 22.5 Å². The van der Waals surface area contributed by atoms with E-state index in [0.717, 1.165) is 4.88 Å². The molecule has 20 heavy (non-hydrogen) atoms. The lowest BCUT2D eigenvalue weighted by Crippen LogP contribution is -2.24. The molecule has 1 aromatic carbocycles. The lowest BCUT2D eigenvalue weighted by Gasteiger charge is -2.07. The summed E-state index contributed by atoms with van der Waals surface area (Å²) < 4.78 is 13.8. The molecule has 1 heterocycles.